The van der Waals surface area contributed by atoms with E-state index in [1.807, 2.05) is 20.8 Å². The Balaban J connectivity index is 2.61. The lowest BCUT2D eigenvalue weighted by Gasteiger charge is -2.41. The second-order valence-corrected chi connectivity index (χ2v) is 7.32. The van der Waals surface area contributed by atoms with Gasteiger partial charge in [0, 0.05) is 25.7 Å². The minimum Gasteiger partial charge on any atom is -0.381 e. The molecular weight excluding hydrogens is 240 g/mol. The Morgan fingerprint density at radius 3 is 2.65 bits per heavy atom. The fourth-order valence-corrected chi connectivity index (χ4v) is 3.50. The van der Waals surface area contributed by atoms with Gasteiger partial charge >= 0.3 is 0 Å². The Bertz CT molecular complexity index is 341. The van der Waals surface area contributed by atoms with Gasteiger partial charge in [-0.15, -0.1) is 0 Å². The summed E-state index contributed by atoms with van der Waals surface area (Å²) in [5, 5.41) is 0. The van der Waals surface area contributed by atoms with Crippen molar-refractivity contribution in [2.75, 3.05) is 32.1 Å². The van der Waals surface area contributed by atoms with Crippen LogP contribution in [-0.2, 0) is 14.8 Å². The molecule has 1 saturated heterocycles. The molecule has 102 valence electrons. The molecule has 1 atom stereocenters. The number of hydrogen-bond acceptors (Lipinski definition) is 4. The standard InChI is InChI=1S/C11H24N2O3S/c1-4-16-7-8-17(14,15)13-6-5-10(12)11(2,3)9-13/h10H,4-9,12H2,1-3H3. The highest BCUT2D eigenvalue weighted by molar-refractivity contribution is 7.89. The number of ether oxygens (including phenoxy) is 1. The van der Waals surface area contributed by atoms with Gasteiger partial charge in [-0.1, -0.05) is 13.8 Å². The predicted molar refractivity (Wildman–Crippen MR) is 68.2 cm³/mol. The molecule has 6 heteroatoms. The van der Waals surface area contributed by atoms with E-state index in [-0.39, 0.29) is 23.8 Å². The summed E-state index contributed by atoms with van der Waals surface area (Å²) in [4.78, 5) is 0. The van der Waals surface area contributed by atoms with Crippen molar-refractivity contribution in [2.24, 2.45) is 11.1 Å². The van der Waals surface area contributed by atoms with Crippen molar-refractivity contribution in [3.63, 3.8) is 0 Å². The highest BCUT2D eigenvalue weighted by Crippen LogP contribution is 2.29. The zero-order valence-corrected chi connectivity index (χ0v) is 11.8. The van der Waals surface area contributed by atoms with Gasteiger partial charge in [0.2, 0.25) is 10.0 Å². The molecule has 0 aliphatic carbocycles. The van der Waals surface area contributed by atoms with Crippen LogP contribution in [0.2, 0.25) is 0 Å². The Morgan fingerprint density at radius 2 is 2.12 bits per heavy atom. The molecule has 0 amide bonds. The molecule has 0 bridgehead atoms. The number of nitrogens with zero attached hydrogens (tertiary/aromatic N) is 1. The summed E-state index contributed by atoms with van der Waals surface area (Å²) in [7, 11) is -3.20. The van der Waals surface area contributed by atoms with Gasteiger partial charge in [0.1, 0.15) is 0 Å². The van der Waals surface area contributed by atoms with Crippen LogP contribution >= 0.6 is 0 Å². The summed E-state index contributed by atoms with van der Waals surface area (Å²) in [6.07, 6.45) is 0.723. The third kappa shape index (κ3) is 3.91. The van der Waals surface area contributed by atoms with E-state index < -0.39 is 10.0 Å². The van der Waals surface area contributed by atoms with E-state index in [1.165, 1.54) is 0 Å². The predicted octanol–water partition coefficient (Wildman–Crippen LogP) is 0.412. The summed E-state index contributed by atoms with van der Waals surface area (Å²) in [5.74, 6) is 0.0617. The first-order valence-electron chi connectivity index (χ1n) is 6.11. The summed E-state index contributed by atoms with van der Waals surface area (Å²) >= 11 is 0. The summed E-state index contributed by atoms with van der Waals surface area (Å²) in [6, 6.07) is 0.0702. The smallest absolute Gasteiger partial charge is 0.216 e. The second-order valence-electron chi connectivity index (χ2n) is 5.23. The van der Waals surface area contributed by atoms with Crippen LogP contribution in [0.4, 0.5) is 0 Å². The fraction of sp³-hybridized carbons (Fsp3) is 1.00. The molecule has 17 heavy (non-hydrogen) atoms. The SMILES string of the molecule is CCOCCS(=O)(=O)N1CCC(N)C(C)(C)C1. The Kier molecular flexibility index (Phi) is 4.95. The average molecular weight is 264 g/mol. The van der Waals surface area contributed by atoms with Crippen LogP contribution in [0.1, 0.15) is 27.2 Å². The van der Waals surface area contributed by atoms with E-state index in [0.717, 1.165) is 6.42 Å². The molecule has 0 saturated carbocycles. The molecule has 0 spiro atoms. The molecule has 1 fully saturated rings. The number of nitrogens with two attached hydrogens (primary N) is 1. The van der Waals surface area contributed by atoms with Crippen molar-refractivity contribution >= 4 is 10.0 Å². The van der Waals surface area contributed by atoms with Crippen LogP contribution in [-0.4, -0.2) is 50.8 Å². The largest absolute Gasteiger partial charge is 0.381 e. The maximum Gasteiger partial charge on any atom is 0.216 e. The van der Waals surface area contributed by atoms with Gasteiger partial charge in [0.15, 0.2) is 0 Å². The van der Waals surface area contributed by atoms with Crippen molar-refractivity contribution in [1.29, 1.82) is 0 Å². The van der Waals surface area contributed by atoms with Crippen LogP contribution in [0, 0.1) is 5.41 Å². The summed E-state index contributed by atoms with van der Waals surface area (Å²) in [6.45, 7) is 7.73. The lowest BCUT2D eigenvalue weighted by molar-refractivity contribution is 0.147. The van der Waals surface area contributed by atoms with Gasteiger partial charge in [-0.25, -0.2) is 12.7 Å². The minimum atomic E-state index is -3.20. The first-order valence-corrected chi connectivity index (χ1v) is 7.71. The van der Waals surface area contributed by atoms with E-state index in [9.17, 15) is 8.42 Å². The van der Waals surface area contributed by atoms with Crippen molar-refractivity contribution < 1.29 is 13.2 Å². The molecule has 1 unspecified atom stereocenters. The number of hydrogen-bond donors (Lipinski definition) is 1. The van der Waals surface area contributed by atoms with E-state index in [1.54, 1.807) is 4.31 Å². The van der Waals surface area contributed by atoms with E-state index >= 15 is 0 Å². The van der Waals surface area contributed by atoms with Gasteiger partial charge in [0.25, 0.3) is 0 Å². The maximum absolute atomic E-state index is 12.1. The molecule has 1 aliphatic rings. The molecule has 5 nitrogen and oxygen atoms in total. The van der Waals surface area contributed by atoms with Gasteiger partial charge in [-0.2, -0.15) is 0 Å². The molecule has 1 heterocycles. The first kappa shape index (κ1) is 14.9. The molecule has 0 aromatic heterocycles. The summed E-state index contributed by atoms with van der Waals surface area (Å²) in [5.41, 5.74) is 5.84. The van der Waals surface area contributed by atoms with Crippen LogP contribution in [0.15, 0.2) is 0 Å². The summed E-state index contributed by atoms with van der Waals surface area (Å²) < 4.78 is 30.8. The van der Waals surface area contributed by atoms with Crippen molar-refractivity contribution in [3.8, 4) is 0 Å². The topological polar surface area (TPSA) is 72.6 Å². The Labute approximate surface area is 104 Å². The van der Waals surface area contributed by atoms with Gasteiger partial charge in [-0.3, -0.25) is 0 Å². The van der Waals surface area contributed by atoms with E-state index in [0.29, 0.717) is 19.7 Å². The van der Waals surface area contributed by atoms with Crippen LogP contribution in [0.3, 0.4) is 0 Å². The van der Waals surface area contributed by atoms with Gasteiger partial charge in [0.05, 0.1) is 12.4 Å². The average Bonchev–Trinajstić information content (AvgIpc) is 2.22. The number of sulfonamides is 1. The molecule has 1 rings (SSSR count). The van der Waals surface area contributed by atoms with E-state index in [4.69, 9.17) is 10.5 Å². The molecular formula is C11H24N2O3S. The fourth-order valence-electron chi connectivity index (χ4n) is 2.00. The normalized spacial score (nSPS) is 26.0. The molecule has 1 aliphatic heterocycles. The van der Waals surface area contributed by atoms with E-state index in [2.05, 4.69) is 0 Å². The van der Waals surface area contributed by atoms with Crippen LogP contribution in [0.5, 0.6) is 0 Å². The highest BCUT2D eigenvalue weighted by Gasteiger charge is 2.37. The highest BCUT2D eigenvalue weighted by atomic mass is 32.2. The Morgan fingerprint density at radius 1 is 1.47 bits per heavy atom. The molecule has 0 radical (unpaired) electrons. The van der Waals surface area contributed by atoms with Crippen molar-refractivity contribution in [3.05, 3.63) is 0 Å². The number of rotatable bonds is 5. The number of piperidine rings is 1. The Hall–Kier alpha value is -0.170. The lowest BCUT2D eigenvalue weighted by Crippen LogP contribution is -2.54. The van der Waals surface area contributed by atoms with Crippen LogP contribution < -0.4 is 5.73 Å². The van der Waals surface area contributed by atoms with Crippen LogP contribution in [0.25, 0.3) is 0 Å². The molecule has 0 aromatic rings. The van der Waals surface area contributed by atoms with Crippen molar-refractivity contribution in [2.45, 2.75) is 33.2 Å². The second kappa shape index (κ2) is 5.65. The molecule has 0 aromatic carbocycles. The zero-order valence-electron chi connectivity index (χ0n) is 11.0. The van der Waals surface area contributed by atoms with Crippen molar-refractivity contribution in [1.82, 2.24) is 4.31 Å². The monoisotopic (exact) mass is 264 g/mol. The van der Waals surface area contributed by atoms with Gasteiger partial charge in [-0.05, 0) is 18.8 Å². The molecule has 2 N–H and O–H groups in total. The quantitative estimate of drug-likeness (QED) is 0.730. The van der Waals surface area contributed by atoms with Gasteiger partial charge < -0.3 is 10.5 Å². The third-order valence-corrected chi connectivity index (χ3v) is 5.14. The zero-order chi connectivity index (χ0) is 13.1. The third-order valence-electron chi connectivity index (χ3n) is 3.36. The maximum atomic E-state index is 12.1. The first-order chi connectivity index (χ1) is 7.79. The lowest BCUT2D eigenvalue weighted by atomic mass is 9.81. The minimum absolute atomic E-state index is 0.0617.